The fourth-order valence-electron chi connectivity index (χ4n) is 3.29. The molecule has 0 spiro atoms. The molecule has 0 radical (unpaired) electrons. The molecule has 0 aromatic heterocycles. The van der Waals surface area contributed by atoms with E-state index in [1.165, 1.54) is 44.2 Å². The Bertz CT molecular complexity index is 453. The maximum atomic E-state index is 5.40. The first-order chi connectivity index (χ1) is 10.8. The van der Waals surface area contributed by atoms with Crippen molar-refractivity contribution >= 4 is 15.9 Å². The van der Waals surface area contributed by atoms with Crippen LogP contribution in [0, 0.1) is 0 Å². The van der Waals surface area contributed by atoms with Gasteiger partial charge in [-0.05, 0) is 49.9 Å². The summed E-state index contributed by atoms with van der Waals surface area (Å²) in [6, 6.07) is 7.00. The van der Waals surface area contributed by atoms with Gasteiger partial charge < -0.3 is 14.4 Å². The highest BCUT2D eigenvalue weighted by molar-refractivity contribution is 9.09. The number of halogens is 1. The molecule has 0 bridgehead atoms. The molecule has 1 heterocycles. The molecule has 0 N–H and O–H groups in total. The monoisotopic (exact) mass is 369 g/mol. The smallest absolute Gasteiger partial charge is 0.160 e. The highest BCUT2D eigenvalue weighted by atomic mass is 79.9. The number of likely N-dealkylation sites (tertiary alicyclic amines) is 1. The third-order valence-corrected chi connectivity index (χ3v) is 5.03. The molecule has 1 unspecified atom stereocenters. The summed E-state index contributed by atoms with van der Waals surface area (Å²) in [6.45, 7) is 2.37. The Kier molecular flexibility index (Phi) is 7.53. The summed E-state index contributed by atoms with van der Waals surface area (Å²) < 4.78 is 10.7. The zero-order valence-corrected chi connectivity index (χ0v) is 15.4. The average Bonchev–Trinajstić information content (AvgIpc) is 2.78. The van der Waals surface area contributed by atoms with E-state index in [1.54, 1.807) is 14.2 Å². The van der Waals surface area contributed by atoms with Crippen molar-refractivity contribution in [3.8, 4) is 11.5 Å². The van der Waals surface area contributed by atoms with Gasteiger partial charge in [-0.1, -0.05) is 34.8 Å². The number of methoxy groups -OCH3 is 2. The van der Waals surface area contributed by atoms with Gasteiger partial charge in [0.15, 0.2) is 11.5 Å². The third-order valence-electron chi connectivity index (χ3n) is 4.58. The molecule has 124 valence electrons. The first-order valence-corrected chi connectivity index (χ1v) is 9.41. The van der Waals surface area contributed by atoms with Gasteiger partial charge in [0.05, 0.1) is 14.2 Å². The van der Waals surface area contributed by atoms with E-state index in [-0.39, 0.29) is 0 Å². The van der Waals surface area contributed by atoms with Crippen LogP contribution in [-0.4, -0.2) is 43.6 Å². The summed E-state index contributed by atoms with van der Waals surface area (Å²) in [4.78, 5) is 2.69. The van der Waals surface area contributed by atoms with Crippen LogP contribution in [0.15, 0.2) is 18.2 Å². The van der Waals surface area contributed by atoms with Gasteiger partial charge in [0.1, 0.15) is 0 Å². The zero-order valence-electron chi connectivity index (χ0n) is 13.8. The van der Waals surface area contributed by atoms with E-state index >= 15 is 0 Å². The average molecular weight is 370 g/mol. The maximum absolute atomic E-state index is 5.40. The van der Waals surface area contributed by atoms with Crippen LogP contribution in [0.1, 0.15) is 37.7 Å². The Hall–Kier alpha value is -0.740. The standard InChI is InChI=1S/C18H28BrNO2/c1-21-17-8-7-15(14-18(17)22-2)10-13-20-12-5-3-4-6-16(20)9-11-19/h7-8,14,16H,3-6,9-13H2,1-2H3. The number of hydrogen-bond acceptors (Lipinski definition) is 3. The maximum Gasteiger partial charge on any atom is 0.160 e. The Morgan fingerprint density at radius 3 is 2.68 bits per heavy atom. The first-order valence-electron chi connectivity index (χ1n) is 8.29. The van der Waals surface area contributed by atoms with Gasteiger partial charge in [-0.15, -0.1) is 0 Å². The summed E-state index contributed by atoms with van der Waals surface area (Å²) in [6.07, 6.45) is 7.77. The van der Waals surface area contributed by atoms with Crippen molar-refractivity contribution in [2.75, 3.05) is 32.6 Å². The molecule has 3 nitrogen and oxygen atoms in total. The van der Waals surface area contributed by atoms with Crippen LogP contribution in [0.25, 0.3) is 0 Å². The number of nitrogens with zero attached hydrogens (tertiary/aromatic N) is 1. The van der Waals surface area contributed by atoms with Crippen molar-refractivity contribution in [3.05, 3.63) is 23.8 Å². The molecule has 22 heavy (non-hydrogen) atoms. The Balaban J connectivity index is 1.97. The zero-order chi connectivity index (χ0) is 15.8. The van der Waals surface area contributed by atoms with Gasteiger partial charge >= 0.3 is 0 Å². The molecule has 0 aliphatic carbocycles. The Labute approximate surface area is 143 Å². The van der Waals surface area contributed by atoms with Crippen molar-refractivity contribution in [2.24, 2.45) is 0 Å². The van der Waals surface area contributed by atoms with Crippen molar-refractivity contribution in [3.63, 3.8) is 0 Å². The van der Waals surface area contributed by atoms with Gasteiger partial charge in [-0.3, -0.25) is 0 Å². The molecule has 1 aliphatic heterocycles. The van der Waals surface area contributed by atoms with Crippen LogP contribution in [0.2, 0.25) is 0 Å². The third kappa shape index (κ3) is 4.88. The Morgan fingerprint density at radius 2 is 1.95 bits per heavy atom. The molecule has 1 atom stereocenters. The first kappa shape index (κ1) is 17.6. The molecular formula is C18H28BrNO2. The van der Waals surface area contributed by atoms with Gasteiger partial charge in [0.25, 0.3) is 0 Å². The topological polar surface area (TPSA) is 21.7 Å². The quantitative estimate of drug-likeness (QED) is 0.669. The second kappa shape index (κ2) is 9.41. The molecular weight excluding hydrogens is 342 g/mol. The van der Waals surface area contributed by atoms with E-state index in [4.69, 9.17) is 9.47 Å². The van der Waals surface area contributed by atoms with Crippen molar-refractivity contribution < 1.29 is 9.47 Å². The number of alkyl halides is 1. The summed E-state index contributed by atoms with van der Waals surface area (Å²) in [5.74, 6) is 1.63. The van der Waals surface area contributed by atoms with Crippen molar-refractivity contribution in [1.82, 2.24) is 4.90 Å². The fraction of sp³-hybridized carbons (Fsp3) is 0.667. The second-order valence-corrected chi connectivity index (χ2v) is 6.75. The van der Waals surface area contributed by atoms with E-state index < -0.39 is 0 Å². The van der Waals surface area contributed by atoms with E-state index in [2.05, 4.69) is 33.0 Å². The van der Waals surface area contributed by atoms with E-state index in [1.807, 2.05) is 6.07 Å². The minimum atomic E-state index is 0.738. The summed E-state index contributed by atoms with van der Waals surface area (Å²) in [5.41, 5.74) is 1.32. The molecule has 2 rings (SSSR count). The van der Waals surface area contributed by atoms with Gasteiger partial charge in [0.2, 0.25) is 0 Å². The predicted molar refractivity (Wildman–Crippen MR) is 95.5 cm³/mol. The van der Waals surface area contributed by atoms with Crippen LogP contribution in [0.5, 0.6) is 11.5 Å². The molecule has 4 heteroatoms. The second-order valence-electron chi connectivity index (χ2n) is 5.96. The summed E-state index contributed by atoms with van der Waals surface area (Å²) in [7, 11) is 3.38. The molecule has 1 fully saturated rings. The highest BCUT2D eigenvalue weighted by Crippen LogP contribution is 2.28. The lowest BCUT2D eigenvalue weighted by Crippen LogP contribution is -2.36. The van der Waals surface area contributed by atoms with E-state index in [0.717, 1.165) is 35.8 Å². The molecule has 1 aromatic carbocycles. The van der Waals surface area contributed by atoms with Crippen LogP contribution in [0.4, 0.5) is 0 Å². The van der Waals surface area contributed by atoms with Gasteiger partial charge in [-0.2, -0.15) is 0 Å². The van der Waals surface area contributed by atoms with Crippen LogP contribution in [-0.2, 0) is 6.42 Å². The number of ether oxygens (including phenoxy) is 2. The number of benzene rings is 1. The lowest BCUT2D eigenvalue weighted by molar-refractivity contribution is 0.198. The Morgan fingerprint density at radius 1 is 1.14 bits per heavy atom. The lowest BCUT2D eigenvalue weighted by Gasteiger charge is -2.29. The highest BCUT2D eigenvalue weighted by Gasteiger charge is 2.20. The van der Waals surface area contributed by atoms with Crippen LogP contribution >= 0.6 is 15.9 Å². The largest absolute Gasteiger partial charge is 0.493 e. The fourth-order valence-corrected chi connectivity index (χ4v) is 3.82. The van der Waals surface area contributed by atoms with Crippen molar-refractivity contribution in [2.45, 2.75) is 44.6 Å². The predicted octanol–water partition coefficient (Wildman–Crippen LogP) is 4.28. The SMILES string of the molecule is COc1ccc(CCN2CCCCCC2CCBr)cc1OC. The molecule has 1 saturated heterocycles. The van der Waals surface area contributed by atoms with E-state index in [0.29, 0.717) is 0 Å². The van der Waals surface area contributed by atoms with Crippen molar-refractivity contribution in [1.29, 1.82) is 0 Å². The molecule has 1 aliphatic rings. The molecule has 1 aromatic rings. The molecule has 0 saturated carbocycles. The number of rotatable bonds is 7. The lowest BCUT2D eigenvalue weighted by atomic mass is 10.1. The van der Waals surface area contributed by atoms with E-state index in [9.17, 15) is 0 Å². The summed E-state index contributed by atoms with van der Waals surface area (Å²) in [5, 5.41) is 1.10. The molecule has 0 amide bonds. The van der Waals surface area contributed by atoms with Gasteiger partial charge in [0, 0.05) is 17.9 Å². The summed E-state index contributed by atoms with van der Waals surface area (Å²) >= 11 is 3.61. The number of hydrogen-bond donors (Lipinski definition) is 0. The normalized spacial score (nSPS) is 19.7. The van der Waals surface area contributed by atoms with Crippen LogP contribution in [0.3, 0.4) is 0 Å². The van der Waals surface area contributed by atoms with Crippen LogP contribution < -0.4 is 9.47 Å². The minimum absolute atomic E-state index is 0.738. The van der Waals surface area contributed by atoms with Gasteiger partial charge in [-0.25, -0.2) is 0 Å². The minimum Gasteiger partial charge on any atom is -0.493 e.